The van der Waals surface area contributed by atoms with Gasteiger partial charge in [0.2, 0.25) is 23.6 Å². The van der Waals surface area contributed by atoms with Crippen molar-refractivity contribution < 1.29 is 39.0 Å². The number of aliphatic hydroxyl groups is 1. The highest BCUT2D eigenvalue weighted by Crippen LogP contribution is 2.32. The van der Waals surface area contributed by atoms with Gasteiger partial charge in [-0.3, -0.25) is 24.0 Å². The Hall–Kier alpha value is -4.48. The quantitative estimate of drug-likeness (QED) is 0.180. The van der Waals surface area contributed by atoms with Gasteiger partial charge in [-0.05, 0) is 51.7 Å². The molecule has 3 aromatic rings. The van der Waals surface area contributed by atoms with Crippen molar-refractivity contribution in [3.63, 3.8) is 0 Å². The second kappa shape index (κ2) is 16.5. The molecule has 1 aromatic carbocycles. The molecule has 0 bridgehead atoms. The average Bonchev–Trinajstić information content (AvgIpc) is 3.57. The van der Waals surface area contributed by atoms with Crippen LogP contribution in [0.2, 0.25) is 0 Å². The van der Waals surface area contributed by atoms with Gasteiger partial charge >= 0.3 is 5.97 Å². The number of nitrogens with zero attached hydrogens (tertiary/aromatic N) is 1. The Balaban J connectivity index is 1.81. The van der Waals surface area contributed by atoms with Gasteiger partial charge in [0.05, 0.1) is 21.8 Å². The van der Waals surface area contributed by atoms with E-state index in [0.29, 0.717) is 31.7 Å². The molecule has 270 valence electrons. The van der Waals surface area contributed by atoms with Crippen molar-refractivity contribution in [1.29, 1.82) is 0 Å². The minimum atomic E-state index is -1.53. The molecule has 1 aliphatic heterocycles. The molecule has 8 N–H and O–H groups in total. The van der Waals surface area contributed by atoms with Crippen LogP contribution >= 0.6 is 23.1 Å². The van der Waals surface area contributed by atoms with Gasteiger partial charge in [0.15, 0.2) is 0 Å². The normalized spacial score (nSPS) is 23.5. The zero-order chi connectivity index (χ0) is 36.9. The summed E-state index contributed by atoms with van der Waals surface area (Å²) in [6.45, 7) is 9.82. The molecule has 0 radical (unpaired) electrons. The van der Waals surface area contributed by atoms with Gasteiger partial charge < -0.3 is 41.8 Å². The zero-order valence-corrected chi connectivity index (χ0v) is 30.2. The number of thioether (sulfide) groups is 1. The number of rotatable bonds is 6. The number of hydrogen-bond acceptors (Lipinski definition) is 10. The lowest BCUT2D eigenvalue weighted by Gasteiger charge is -2.27. The number of carboxylic acid groups (broad SMARTS) is 1. The molecule has 0 unspecified atom stereocenters. The number of carboxylic acids is 1. The highest BCUT2D eigenvalue weighted by molar-refractivity contribution is 7.99. The molecule has 0 fully saturated rings. The van der Waals surface area contributed by atoms with E-state index in [1.54, 1.807) is 26.0 Å². The number of thiazole rings is 1. The Morgan fingerprint density at radius 1 is 0.980 bits per heavy atom. The standard InChI is InChI=1S/C33H43N7O8S2/c1-14(2)11-22-28(43)35-16(4)27(42)40-25(17(5)41)30(45)38-24(33(47)48)13-49-32-20(19-9-7-8-10-21(19)39-32)12-23(29(44)36-22)37-31(46)26-15(3)34-18(6)50-26/h7-10,14,16-17,22-25,39,41H,11-13H2,1-6H3,(H,35,43)(H,36,44)(H,37,46)(H,38,45)(H,40,42)(H,47,48)/t16-,17-,22+,23+,24+,25+/m1/s1. The summed E-state index contributed by atoms with van der Waals surface area (Å²) in [4.78, 5) is 87.8. The summed E-state index contributed by atoms with van der Waals surface area (Å²) in [5, 5.41) is 35.2. The number of carbonyl (C=O) groups is 6. The Bertz CT molecular complexity index is 1770. The van der Waals surface area contributed by atoms with Gasteiger partial charge in [-0.1, -0.05) is 32.0 Å². The third-order valence-electron chi connectivity index (χ3n) is 8.08. The Kier molecular flexibility index (Phi) is 12.6. The molecule has 17 heteroatoms. The van der Waals surface area contributed by atoms with Crippen LogP contribution in [0.4, 0.5) is 0 Å². The number of aryl methyl sites for hydroxylation is 2. The highest BCUT2D eigenvalue weighted by Gasteiger charge is 2.35. The Labute approximate surface area is 297 Å². The number of nitrogens with one attached hydrogen (secondary N) is 6. The number of amides is 5. The van der Waals surface area contributed by atoms with E-state index in [4.69, 9.17) is 0 Å². The smallest absolute Gasteiger partial charge is 0.327 e. The number of hydrogen-bond donors (Lipinski definition) is 8. The van der Waals surface area contributed by atoms with Gasteiger partial charge in [0, 0.05) is 23.1 Å². The predicted octanol–water partition coefficient (Wildman–Crippen LogP) is 1.16. The molecule has 6 atom stereocenters. The van der Waals surface area contributed by atoms with Crippen molar-refractivity contribution in [1.82, 2.24) is 36.6 Å². The lowest BCUT2D eigenvalue weighted by molar-refractivity contribution is -0.142. The topological polar surface area (TPSA) is 232 Å². The number of aromatic amines is 1. The Morgan fingerprint density at radius 2 is 1.68 bits per heavy atom. The van der Waals surface area contributed by atoms with Crippen LogP contribution in [0.3, 0.4) is 0 Å². The largest absolute Gasteiger partial charge is 0.480 e. The molecule has 3 heterocycles. The molecule has 1 aliphatic rings. The van der Waals surface area contributed by atoms with Crippen LogP contribution in [0, 0.1) is 19.8 Å². The lowest BCUT2D eigenvalue weighted by Crippen LogP contribution is -2.60. The summed E-state index contributed by atoms with van der Waals surface area (Å²) in [7, 11) is 0. The van der Waals surface area contributed by atoms with Crippen molar-refractivity contribution in [3.8, 4) is 0 Å². The van der Waals surface area contributed by atoms with Crippen molar-refractivity contribution in [2.45, 2.75) is 95.7 Å². The van der Waals surface area contributed by atoms with E-state index in [0.717, 1.165) is 17.1 Å². The van der Waals surface area contributed by atoms with Crippen molar-refractivity contribution in [2.24, 2.45) is 5.92 Å². The molecule has 0 saturated carbocycles. The first-order chi connectivity index (χ1) is 23.5. The van der Waals surface area contributed by atoms with E-state index in [1.165, 1.54) is 25.2 Å². The first kappa shape index (κ1) is 38.3. The van der Waals surface area contributed by atoms with Crippen LogP contribution in [-0.2, 0) is 30.4 Å². The number of para-hydroxylation sites is 1. The van der Waals surface area contributed by atoms with Crippen molar-refractivity contribution in [3.05, 3.63) is 45.4 Å². The fraction of sp³-hybridized carbons (Fsp3) is 0.485. The number of aliphatic carboxylic acids is 1. The first-order valence-electron chi connectivity index (χ1n) is 16.1. The molecule has 0 aliphatic carbocycles. The van der Waals surface area contributed by atoms with E-state index < -0.39 is 71.8 Å². The van der Waals surface area contributed by atoms with Crippen LogP contribution in [0.25, 0.3) is 10.9 Å². The average molecular weight is 730 g/mol. The van der Waals surface area contributed by atoms with E-state index in [9.17, 15) is 39.0 Å². The summed E-state index contributed by atoms with van der Waals surface area (Å²) in [6.07, 6.45) is -1.26. The van der Waals surface area contributed by atoms with Crippen molar-refractivity contribution in [2.75, 3.05) is 5.75 Å². The van der Waals surface area contributed by atoms with E-state index in [1.807, 2.05) is 26.0 Å². The molecule has 0 saturated heterocycles. The van der Waals surface area contributed by atoms with Gasteiger partial charge in [0.1, 0.15) is 35.1 Å². The van der Waals surface area contributed by atoms with Gasteiger partial charge in [-0.25, -0.2) is 9.78 Å². The van der Waals surface area contributed by atoms with Crippen LogP contribution in [0.15, 0.2) is 29.3 Å². The third kappa shape index (κ3) is 9.39. The zero-order valence-electron chi connectivity index (χ0n) is 28.6. The van der Waals surface area contributed by atoms with Gasteiger partial charge in [-0.2, -0.15) is 0 Å². The molecular weight excluding hydrogens is 687 g/mol. The maximum absolute atomic E-state index is 14.1. The Morgan fingerprint density at radius 3 is 2.30 bits per heavy atom. The van der Waals surface area contributed by atoms with Gasteiger partial charge in [0.25, 0.3) is 5.91 Å². The van der Waals surface area contributed by atoms with E-state index >= 15 is 0 Å². The number of aliphatic hydroxyl groups excluding tert-OH is 1. The number of carbonyl (C=O) groups excluding carboxylic acids is 5. The summed E-state index contributed by atoms with van der Waals surface area (Å²) in [6, 6.07) is 0.749. The van der Waals surface area contributed by atoms with E-state index in [2.05, 4.69) is 36.6 Å². The summed E-state index contributed by atoms with van der Waals surface area (Å²) < 4.78 is 0. The molecule has 4 rings (SSSR count). The molecule has 50 heavy (non-hydrogen) atoms. The van der Waals surface area contributed by atoms with Crippen LogP contribution in [-0.4, -0.2) is 97.8 Å². The first-order valence-corrected chi connectivity index (χ1v) is 18.0. The minimum absolute atomic E-state index is 0.0518. The predicted molar refractivity (Wildman–Crippen MR) is 188 cm³/mol. The molecule has 2 aromatic heterocycles. The molecule has 5 amide bonds. The summed E-state index contributed by atoms with van der Waals surface area (Å²) >= 11 is 2.26. The molecule has 0 spiro atoms. The van der Waals surface area contributed by atoms with E-state index in [-0.39, 0.29) is 24.5 Å². The fourth-order valence-corrected chi connectivity index (χ4v) is 7.45. The minimum Gasteiger partial charge on any atom is -0.480 e. The fourth-order valence-electron chi connectivity index (χ4n) is 5.52. The maximum Gasteiger partial charge on any atom is 0.327 e. The lowest BCUT2D eigenvalue weighted by atomic mass is 10.0. The van der Waals surface area contributed by atoms with Crippen molar-refractivity contribution >= 4 is 69.5 Å². The monoisotopic (exact) mass is 729 g/mol. The molecule has 15 nitrogen and oxygen atoms in total. The van der Waals surface area contributed by atoms with Gasteiger partial charge in [-0.15, -0.1) is 23.1 Å². The van der Waals surface area contributed by atoms with Crippen LogP contribution in [0.1, 0.15) is 60.1 Å². The number of benzene rings is 1. The second-order valence-electron chi connectivity index (χ2n) is 12.7. The second-order valence-corrected chi connectivity index (χ2v) is 14.9. The summed E-state index contributed by atoms with van der Waals surface area (Å²) in [5.74, 6) is -5.20. The third-order valence-corrected chi connectivity index (χ3v) is 10.3. The summed E-state index contributed by atoms with van der Waals surface area (Å²) in [5.41, 5.74) is 1.79. The number of fused-ring (bicyclic) bond motifs is 3. The van der Waals surface area contributed by atoms with Crippen LogP contribution < -0.4 is 26.6 Å². The number of aromatic nitrogens is 2. The highest BCUT2D eigenvalue weighted by atomic mass is 32.2. The SMILES string of the molecule is Cc1nc(C)c(C(=O)N[C@H]2Cc3c([nH]c4ccccc34)SC[C@@H](C(=O)O)NC(=O)[C@H]([C@@H](C)O)NC(=O)[C@@H](C)NC(=O)[C@H](CC(C)C)NC2=O)s1. The van der Waals surface area contributed by atoms with Crippen LogP contribution in [0.5, 0.6) is 0 Å². The number of H-pyrrole nitrogens is 1. The molecular formula is C33H43N7O8S2. The maximum atomic E-state index is 14.1.